The van der Waals surface area contributed by atoms with E-state index < -0.39 is 0 Å². The molecule has 0 atom stereocenters. The van der Waals surface area contributed by atoms with Crippen LogP contribution in [0.3, 0.4) is 0 Å². The van der Waals surface area contributed by atoms with Crippen molar-refractivity contribution in [1.29, 1.82) is 0 Å². The molecule has 0 amide bonds. The molecule has 0 spiro atoms. The summed E-state index contributed by atoms with van der Waals surface area (Å²) in [6, 6.07) is 14.5. The summed E-state index contributed by atoms with van der Waals surface area (Å²) < 4.78 is 5.10. The molecule has 0 bridgehead atoms. The molecule has 0 saturated heterocycles. The second kappa shape index (κ2) is 11.8. The van der Waals surface area contributed by atoms with Gasteiger partial charge in [0.05, 0.1) is 13.7 Å². The number of nitrogens with zero attached hydrogens (tertiary/aromatic N) is 2. The number of ketones is 1. The van der Waals surface area contributed by atoms with Crippen LogP contribution in [0.15, 0.2) is 95.3 Å². The molecule has 1 aliphatic rings. The van der Waals surface area contributed by atoms with Crippen molar-refractivity contribution in [2.45, 2.75) is 6.54 Å². The first-order valence-corrected chi connectivity index (χ1v) is 9.27. The van der Waals surface area contributed by atoms with E-state index in [1.807, 2.05) is 42.5 Å². The molecular weight excluding hydrogens is 396 g/mol. The van der Waals surface area contributed by atoms with Gasteiger partial charge in [-0.3, -0.25) is 15.1 Å². The number of rotatable bonds is 6. The van der Waals surface area contributed by atoms with Crippen molar-refractivity contribution >= 4 is 18.6 Å². The number of phenols is 1. The molecule has 2 aromatic carbocycles. The lowest BCUT2D eigenvalue weighted by Crippen LogP contribution is -2.14. The third-order valence-corrected chi connectivity index (χ3v) is 4.18. The first-order valence-electron chi connectivity index (χ1n) is 9.27. The maximum Gasteiger partial charge on any atom is 0.187 e. The molecule has 7 heteroatoms. The highest BCUT2D eigenvalue weighted by molar-refractivity contribution is 6.08. The maximum absolute atomic E-state index is 12.1. The summed E-state index contributed by atoms with van der Waals surface area (Å²) in [6.45, 7) is 2.95. The van der Waals surface area contributed by atoms with Crippen LogP contribution >= 0.6 is 0 Å². The lowest BCUT2D eigenvalue weighted by atomic mass is 10.0. The number of hydroxylamine groups is 2. The maximum atomic E-state index is 12.1. The highest BCUT2D eigenvalue weighted by Gasteiger charge is 2.11. The molecule has 0 fully saturated rings. The van der Waals surface area contributed by atoms with Crippen LogP contribution in [0, 0.1) is 0 Å². The Kier molecular flexibility index (Phi) is 8.82. The van der Waals surface area contributed by atoms with E-state index in [4.69, 9.17) is 9.94 Å². The van der Waals surface area contributed by atoms with Gasteiger partial charge in [-0.2, -0.15) is 0 Å². The molecule has 0 saturated carbocycles. The number of ether oxygens (including phenoxy) is 1. The number of methoxy groups -OCH3 is 1. The van der Waals surface area contributed by atoms with E-state index in [2.05, 4.69) is 11.9 Å². The van der Waals surface area contributed by atoms with Crippen LogP contribution in [-0.2, 0) is 11.3 Å². The zero-order chi connectivity index (χ0) is 22.6. The summed E-state index contributed by atoms with van der Waals surface area (Å²) in [5.41, 5.74) is 2.99. The fourth-order valence-electron chi connectivity index (χ4n) is 2.74. The average molecular weight is 420 g/mol. The lowest BCUT2D eigenvalue weighted by Gasteiger charge is -2.14. The predicted octanol–water partition coefficient (Wildman–Crippen LogP) is 4.33. The number of carbonyl (C=O) groups is 1. The van der Waals surface area contributed by atoms with Crippen molar-refractivity contribution in [3.8, 4) is 11.5 Å². The zero-order valence-corrected chi connectivity index (χ0v) is 17.0. The van der Waals surface area contributed by atoms with E-state index in [9.17, 15) is 15.1 Å². The van der Waals surface area contributed by atoms with Gasteiger partial charge < -0.3 is 15.1 Å². The number of hydrogen-bond donors (Lipinski definition) is 3. The molecule has 1 aliphatic carbocycles. The predicted molar refractivity (Wildman–Crippen MR) is 119 cm³/mol. The van der Waals surface area contributed by atoms with Crippen LogP contribution in [0.2, 0.25) is 0 Å². The van der Waals surface area contributed by atoms with Crippen LogP contribution in [0.25, 0.3) is 6.08 Å². The van der Waals surface area contributed by atoms with E-state index in [0.29, 0.717) is 11.3 Å². The second-order valence-corrected chi connectivity index (χ2v) is 6.42. The summed E-state index contributed by atoms with van der Waals surface area (Å²) in [5.74, 6) is 0.298. The van der Waals surface area contributed by atoms with Crippen LogP contribution < -0.4 is 4.74 Å². The Balaban J connectivity index is 0.00000107. The van der Waals surface area contributed by atoms with Gasteiger partial charge in [0.25, 0.3) is 0 Å². The molecular formula is C24H24N2O5. The average Bonchev–Trinajstić information content (AvgIpc) is 2.76. The van der Waals surface area contributed by atoms with E-state index in [1.54, 1.807) is 30.4 Å². The molecule has 0 unspecified atom stereocenters. The Morgan fingerprint density at radius 3 is 2.52 bits per heavy atom. The lowest BCUT2D eigenvalue weighted by molar-refractivity contribution is -0.111. The van der Waals surface area contributed by atoms with Gasteiger partial charge in [0.1, 0.15) is 0 Å². The molecule has 0 aromatic heterocycles. The Labute approximate surface area is 180 Å². The first-order chi connectivity index (χ1) is 15.0. The van der Waals surface area contributed by atoms with Gasteiger partial charge in [0.15, 0.2) is 17.3 Å². The first kappa shape index (κ1) is 23.2. The summed E-state index contributed by atoms with van der Waals surface area (Å²) in [4.78, 5) is 12.1. The van der Waals surface area contributed by atoms with Crippen LogP contribution in [-0.4, -0.2) is 40.2 Å². The molecule has 0 heterocycles. The molecule has 160 valence electrons. The summed E-state index contributed by atoms with van der Waals surface area (Å²) in [5, 5.41) is 30.1. The molecule has 2 aromatic rings. The SMILES string of the molecule is C=NO.COc1cc(C=CC2=CC(=CN(O)Cc3ccccc3)C(=O)C=C2)ccc1O. The highest BCUT2D eigenvalue weighted by Crippen LogP contribution is 2.27. The van der Waals surface area contributed by atoms with Gasteiger partial charge in [-0.15, -0.1) is 5.16 Å². The quantitative estimate of drug-likeness (QED) is 0.278. The number of hydrogen-bond acceptors (Lipinski definition) is 7. The largest absolute Gasteiger partial charge is 0.504 e. The van der Waals surface area contributed by atoms with Crippen molar-refractivity contribution in [2.24, 2.45) is 5.16 Å². The third-order valence-electron chi connectivity index (χ3n) is 4.18. The minimum atomic E-state index is -0.171. The van der Waals surface area contributed by atoms with Gasteiger partial charge in [0, 0.05) is 18.5 Å². The molecule has 3 rings (SSSR count). The Morgan fingerprint density at radius 1 is 1.13 bits per heavy atom. The van der Waals surface area contributed by atoms with Crippen LogP contribution in [0.5, 0.6) is 11.5 Å². The van der Waals surface area contributed by atoms with Crippen molar-refractivity contribution in [3.05, 3.63) is 101 Å². The van der Waals surface area contributed by atoms with Gasteiger partial charge in [-0.1, -0.05) is 54.6 Å². The summed E-state index contributed by atoms with van der Waals surface area (Å²) >= 11 is 0. The number of allylic oxidation sites excluding steroid dienone is 6. The number of oxime groups is 1. The van der Waals surface area contributed by atoms with Crippen molar-refractivity contribution in [2.75, 3.05) is 7.11 Å². The Hall–Kier alpha value is -4.10. The van der Waals surface area contributed by atoms with Gasteiger partial charge in [-0.05, 0) is 41.0 Å². The number of aromatic hydroxyl groups is 1. The fraction of sp³-hybridized carbons (Fsp3) is 0.0833. The fourth-order valence-corrected chi connectivity index (χ4v) is 2.74. The standard InChI is InChI=1S/C23H21NO4.CH3NO/c1-28-23-14-18(10-12-22(23)26)8-7-17-9-11-21(25)20(13-17)16-24(27)15-19-5-3-2-4-6-19;1-2-3/h2-14,16,26-27H,15H2,1H3;3H,1H2. The normalized spacial score (nSPS) is 14.1. The van der Waals surface area contributed by atoms with Gasteiger partial charge in [-0.25, -0.2) is 0 Å². The van der Waals surface area contributed by atoms with Gasteiger partial charge in [0.2, 0.25) is 0 Å². The number of phenolic OH excluding ortho intramolecular Hbond substituents is 1. The number of benzene rings is 2. The van der Waals surface area contributed by atoms with E-state index in [-0.39, 0.29) is 18.1 Å². The van der Waals surface area contributed by atoms with Crippen molar-refractivity contribution < 1.29 is 25.1 Å². The monoisotopic (exact) mass is 420 g/mol. The minimum Gasteiger partial charge on any atom is -0.504 e. The molecule has 0 radical (unpaired) electrons. The van der Waals surface area contributed by atoms with E-state index in [0.717, 1.165) is 21.8 Å². The summed E-state index contributed by atoms with van der Waals surface area (Å²) in [7, 11) is 1.49. The minimum absolute atomic E-state index is 0.0775. The van der Waals surface area contributed by atoms with Crippen molar-refractivity contribution in [3.63, 3.8) is 0 Å². The molecule has 31 heavy (non-hydrogen) atoms. The summed E-state index contributed by atoms with van der Waals surface area (Å²) in [6.07, 6.45) is 10.0. The highest BCUT2D eigenvalue weighted by atomic mass is 16.5. The Bertz CT molecular complexity index is 1020. The molecule has 0 aliphatic heterocycles. The van der Waals surface area contributed by atoms with Crippen LogP contribution in [0.1, 0.15) is 11.1 Å². The molecule has 3 N–H and O–H groups in total. The van der Waals surface area contributed by atoms with E-state index in [1.165, 1.54) is 19.4 Å². The second-order valence-electron chi connectivity index (χ2n) is 6.42. The van der Waals surface area contributed by atoms with Crippen LogP contribution in [0.4, 0.5) is 0 Å². The molecule has 7 nitrogen and oxygen atoms in total. The van der Waals surface area contributed by atoms with Crippen molar-refractivity contribution in [1.82, 2.24) is 5.06 Å². The topological polar surface area (TPSA) is 103 Å². The Morgan fingerprint density at radius 2 is 1.84 bits per heavy atom. The number of carbonyl (C=O) groups excluding carboxylic acids is 1. The zero-order valence-electron chi connectivity index (χ0n) is 17.0. The van der Waals surface area contributed by atoms with E-state index >= 15 is 0 Å². The van der Waals surface area contributed by atoms with Gasteiger partial charge >= 0.3 is 0 Å². The smallest absolute Gasteiger partial charge is 0.187 e. The third kappa shape index (κ3) is 7.34.